The number of methoxy groups -OCH3 is 1. The number of hydrogen-bond donors (Lipinski definition) is 1. The number of anilines is 1. The molecule has 0 radical (unpaired) electrons. The topological polar surface area (TPSA) is 96.0 Å². The van der Waals surface area contributed by atoms with Gasteiger partial charge in [-0.1, -0.05) is 68.3 Å². The van der Waals surface area contributed by atoms with E-state index >= 15 is 0 Å². The molecule has 3 aromatic rings. The molecular formula is C31H39N3O5S. The van der Waals surface area contributed by atoms with Crippen molar-refractivity contribution in [2.45, 2.75) is 57.5 Å². The van der Waals surface area contributed by atoms with Gasteiger partial charge in [0.2, 0.25) is 11.8 Å². The zero-order valence-electron chi connectivity index (χ0n) is 23.7. The van der Waals surface area contributed by atoms with Crippen LogP contribution < -0.4 is 14.4 Å². The summed E-state index contributed by atoms with van der Waals surface area (Å²) in [7, 11) is -2.62. The average molecular weight is 566 g/mol. The molecule has 2 amide bonds. The number of aryl methyl sites for hydroxylation is 1. The second-order valence-corrected chi connectivity index (χ2v) is 11.5. The zero-order chi connectivity index (χ0) is 29.1. The van der Waals surface area contributed by atoms with Gasteiger partial charge in [-0.15, -0.1) is 0 Å². The Morgan fingerprint density at radius 1 is 0.925 bits per heavy atom. The molecule has 214 valence electrons. The lowest BCUT2D eigenvalue weighted by Gasteiger charge is -2.33. The van der Waals surface area contributed by atoms with Crippen LogP contribution in [0.15, 0.2) is 83.8 Å². The number of benzene rings is 3. The van der Waals surface area contributed by atoms with Crippen molar-refractivity contribution in [3.05, 3.63) is 90.0 Å². The Morgan fingerprint density at radius 3 is 2.15 bits per heavy atom. The molecule has 1 unspecified atom stereocenters. The van der Waals surface area contributed by atoms with Crippen molar-refractivity contribution in [2.75, 3.05) is 24.5 Å². The van der Waals surface area contributed by atoms with Gasteiger partial charge >= 0.3 is 0 Å². The number of nitrogens with one attached hydrogen (secondary N) is 1. The van der Waals surface area contributed by atoms with Gasteiger partial charge < -0.3 is 15.0 Å². The fraction of sp³-hybridized carbons (Fsp3) is 0.355. The quantitative estimate of drug-likeness (QED) is 0.280. The number of rotatable bonds is 14. The van der Waals surface area contributed by atoms with Gasteiger partial charge in [0.15, 0.2) is 0 Å². The second kappa shape index (κ2) is 14.5. The Bertz CT molecular complexity index is 1340. The van der Waals surface area contributed by atoms with Crippen molar-refractivity contribution in [1.29, 1.82) is 0 Å². The number of nitrogens with zero attached hydrogens (tertiary/aromatic N) is 2. The van der Waals surface area contributed by atoms with Crippen LogP contribution in [0, 0.1) is 6.92 Å². The molecule has 0 aliphatic heterocycles. The third-order valence-corrected chi connectivity index (χ3v) is 8.45. The molecule has 1 N–H and O–H groups in total. The summed E-state index contributed by atoms with van der Waals surface area (Å²) in [5, 5.41) is 2.94. The molecule has 0 bridgehead atoms. The Labute approximate surface area is 238 Å². The van der Waals surface area contributed by atoms with Crippen LogP contribution in [0.4, 0.5) is 5.69 Å². The Hall–Kier alpha value is -3.85. The maximum atomic E-state index is 14.0. The number of hydrogen-bond acceptors (Lipinski definition) is 5. The minimum absolute atomic E-state index is 0.0272. The normalized spacial score (nSPS) is 11.9. The average Bonchev–Trinajstić information content (AvgIpc) is 2.97. The zero-order valence-corrected chi connectivity index (χ0v) is 24.5. The highest BCUT2D eigenvalue weighted by molar-refractivity contribution is 7.92. The van der Waals surface area contributed by atoms with Crippen LogP contribution in [0.1, 0.15) is 44.2 Å². The summed E-state index contributed by atoms with van der Waals surface area (Å²) in [5.41, 5.74) is 2.28. The van der Waals surface area contributed by atoms with Gasteiger partial charge in [-0.25, -0.2) is 8.42 Å². The number of ether oxygens (including phenoxy) is 1. The number of sulfonamides is 1. The Morgan fingerprint density at radius 2 is 1.57 bits per heavy atom. The summed E-state index contributed by atoms with van der Waals surface area (Å²) in [6.07, 6.45) is 2.14. The van der Waals surface area contributed by atoms with E-state index in [-0.39, 0.29) is 17.3 Å². The summed E-state index contributed by atoms with van der Waals surface area (Å²) in [6, 6.07) is 21.5. The molecular weight excluding hydrogens is 526 g/mol. The number of para-hydroxylation sites is 1. The monoisotopic (exact) mass is 565 g/mol. The molecule has 3 rings (SSSR count). The van der Waals surface area contributed by atoms with E-state index in [0.29, 0.717) is 24.4 Å². The highest BCUT2D eigenvalue weighted by Crippen LogP contribution is 2.26. The van der Waals surface area contributed by atoms with E-state index < -0.39 is 28.5 Å². The molecule has 1 atom stereocenters. The number of carbonyl (C=O) groups is 2. The van der Waals surface area contributed by atoms with Crippen molar-refractivity contribution < 1.29 is 22.7 Å². The van der Waals surface area contributed by atoms with Gasteiger partial charge in [-0.3, -0.25) is 13.9 Å². The van der Waals surface area contributed by atoms with E-state index in [4.69, 9.17) is 4.74 Å². The molecule has 9 heteroatoms. The molecule has 0 aliphatic carbocycles. The fourth-order valence-corrected chi connectivity index (χ4v) is 5.73. The van der Waals surface area contributed by atoms with Gasteiger partial charge in [0, 0.05) is 13.1 Å². The van der Waals surface area contributed by atoms with Gasteiger partial charge in [0.25, 0.3) is 10.0 Å². The first-order valence-corrected chi connectivity index (χ1v) is 15.0. The molecule has 0 spiro atoms. The van der Waals surface area contributed by atoms with E-state index in [1.54, 1.807) is 42.5 Å². The lowest BCUT2D eigenvalue weighted by Crippen LogP contribution is -2.52. The van der Waals surface area contributed by atoms with E-state index in [0.717, 1.165) is 28.3 Å². The highest BCUT2D eigenvalue weighted by Gasteiger charge is 2.33. The number of amides is 2. The van der Waals surface area contributed by atoms with Gasteiger partial charge in [0.05, 0.1) is 17.7 Å². The van der Waals surface area contributed by atoms with Crippen molar-refractivity contribution in [2.24, 2.45) is 0 Å². The first-order chi connectivity index (χ1) is 19.2. The number of unbranched alkanes of at least 4 members (excludes halogenated alkanes) is 1. The number of carbonyl (C=O) groups excluding carboxylic acids is 2. The van der Waals surface area contributed by atoms with Gasteiger partial charge in [-0.05, 0) is 61.7 Å². The third kappa shape index (κ3) is 7.85. The van der Waals surface area contributed by atoms with E-state index in [2.05, 4.69) is 5.32 Å². The van der Waals surface area contributed by atoms with Crippen molar-refractivity contribution in [3.63, 3.8) is 0 Å². The van der Waals surface area contributed by atoms with Crippen molar-refractivity contribution in [3.8, 4) is 5.75 Å². The standard InChI is InChI=1S/C31H39N3O5S/c1-5-7-21-32-31(36)29(6-2)33(22-25-15-13-24(3)14-16-25)30(35)23-34(26-11-9-8-10-12-26)40(37,38)28-19-17-27(39-4)18-20-28/h8-20,29H,5-7,21-23H2,1-4H3,(H,32,36). The molecule has 0 saturated heterocycles. The Balaban J connectivity index is 2.00. The van der Waals surface area contributed by atoms with Gasteiger partial charge in [-0.2, -0.15) is 0 Å². The summed E-state index contributed by atoms with van der Waals surface area (Å²) >= 11 is 0. The fourth-order valence-electron chi connectivity index (χ4n) is 4.31. The first kappa shape index (κ1) is 30.7. The van der Waals surface area contributed by atoms with E-state index in [1.807, 2.05) is 45.0 Å². The predicted octanol–water partition coefficient (Wildman–Crippen LogP) is 4.92. The van der Waals surface area contributed by atoms with Crippen molar-refractivity contribution in [1.82, 2.24) is 10.2 Å². The third-order valence-electron chi connectivity index (χ3n) is 6.66. The highest BCUT2D eigenvalue weighted by atomic mass is 32.2. The largest absolute Gasteiger partial charge is 0.497 e. The molecule has 0 fully saturated rings. The molecule has 0 aromatic heterocycles. The summed E-state index contributed by atoms with van der Waals surface area (Å²) in [5.74, 6) is -0.204. The summed E-state index contributed by atoms with van der Waals surface area (Å²) in [6.45, 7) is 6.08. The maximum Gasteiger partial charge on any atom is 0.264 e. The molecule has 3 aromatic carbocycles. The summed E-state index contributed by atoms with van der Waals surface area (Å²) in [4.78, 5) is 28.8. The van der Waals surface area contributed by atoms with Crippen LogP contribution in [-0.4, -0.2) is 51.4 Å². The molecule has 40 heavy (non-hydrogen) atoms. The lowest BCUT2D eigenvalue weighted by atomic mass is 10.1. The van der Waals surface area contributed by atoms with E-state index in [1.165, 1.54) is 24.1 Å². The lowest BCUT2D eigenvalue weighted by molar-refractivity contribution is -0.140. The van der Waals surface area contributed by atoms with Crippen LogP contribution in [0.5, 0.6) is 5.75 Å². The minimum Gasteiger partial charge on any atom is -0.497 e. The first-order valence-electron chi connectivity index (χ1n) is 13.6. The second-order valence-electron chi connectivity index (χ2n) is 9.60. The predicted molar refractivity (Wildman–Crippen MR) is 158 cm³/mol. The van der Waals surface area contributed by atoms with Crippen LogP contribution in [0.2, 0.25) is 0 Å². The molecule has 0 aliphatic rings. The molecule has 8 nitrogen and oxygen atoms in total. The van der Waals surface area contributed by atoms with E-state index in [9.17, 15) is 18.0 Å². The maximum absolute atomic E-state index is 14.0. The molecule has 0 saturated carbocycles. The van der Waals surface area contributed by atoms with Crippen LogP contribution >= 0.6 is 0 Å². The van der Waals surface area contributed by atoms with Crippen LogP contribution in [0.3, 0.4) is 0 Å². The van der Waals surface area contributed by atoms with Crippen LogP contribution in [0.25, 0.3) is 0 Å². The molecule has 0 heterocycles. The summed E-state index contributed by atoms with van der Waals surface area (Å²) < 4.78 is 34.0. The van der Waals surface area contributed by atoms with Gasteiger partial charge in [0.1, 0.15) is 18.3 Å². The minimum atomic E-state index is -4.13. The van der Waals surface area contributed by atoms with Crippen LogP contribution in [-0.2, 0) is 26.2 Å². The van der Waals surface area contributed by atoms with Crippen molar-refractivity contribution >= 4 is 27.5 Å². The smallest absolute Gasteiger partial charge is 0.264 e. The Kier molecular flexibility index (Phi) is 11.1. The SMILES string of the molecule is CCCCNC(=O)C(CC)N(Cc1ccc(C)cc1)C(=O)CN(c1ccccc1)S(=O)(=O)c1ccc(OC)cc1.